The minimum atomic E-state index is -3.32. The Morgan fingerprint density at radius 3 is 2.29 bits per heavy atom. The Kier molecular flexibility index (Phi) is 3.40. The van der Waals surface area contributed by atoms with Crippen molar-refractivity contribution in [3.8, 4) is 0 Å². The molecule has 100 valence electrons. The number of hydrogen-bond acceptors (Lipinski definition) is 1. The zero-order valence-electron chi connectivity index (χ0n) is 9.99. The van der Waals surface area contributed by atoms with Crippen molar-refractivity contribution in [3.63, 3.8) is 0 Å². The van der Waals surface area contributed by atoms with Crippen LogP contribution in [0.15, 0.2) is 0 Å². The normalized spacial score (nSPS) is 33.4. The largest absolute Gasteiger partial charge is 0.308 e. The van der Waals surface area contributed by atoms with Crippen LogP contribution in [0, 0.1) is 11.8 Å². The number of hydrogen-bond donors (Lipinski definition) is 1. The lowest BCUT2D eigenvalue weighted by molar-refractivity contribution is -0.0999. The minimum Gasteiger partial charge on any atom is -0.308 e. The topological polar surface area (TPSA) is 12.0 Å². The van der Waals surface area contributed by atoms with Gasteiger partial charge in [-0.1, -0.05) is 6.42 Å². The third kappa shape index (κ3) is 3.57. The number of halogens is 4. The van der Waals surface area contributed by atoms with Crippen molar-refractivity contribution in [2.75, 3.05) is 6.54 Å². The fraction of sp³-hybridized carbons (Fsp3) is 1.00. The summed E-state index contributed by atoms with van der Waals surface area (Å²) in [7, 11) is 0. The molecule has 2 aliphatic carbocycles. The van der Waals surface area contributed by atoms with E-state index in [4.69, 9.17) is 0 Å². The van der Waals surface area contributed by atoms with E-state index in [0.29, 0.717) is 18.8 Å². The van der Waals surface area contributed by atoms with Crippen molar-refractivity contribution in [1.82, 2.24) is 5.32 Å². The van der Waals surface area contributed by atoms with E-state index in [2.05, 4.69) is 5.32 Å². The molecular weight excluding hydrogens is 234 g/mol. The van der Waals surface area contributed by atoms with Crippen LogP contribution in [0.1, 0.15) is 39.0 Å². The second-order valence-electron chi connectivity index (χ2n) is 5.77. The molecule has 2 fully saturated rings. The van der Waals surface area contributed by atoms with Crippen LogP contribution in [0.2, 0.25) is 0 Å². The SMILES string of the molecule is CC(F)(F)CC(F)(F)CNC1CC2CCC1C2. The Balaban J connectivity index is 1.77. The van der Waals surface area contributed by atoms with Gasteiger partial charge in [-0.25, -0.2) is 17.6 Å². The smallest absolute Gasteiger partial charge is 0.266 e. The van der Waals surface area contributed by atoms with E-state index in [1.54, 1.807) is 0 Å². The van der Waals surface area contributed by atoms with Crippen LogP contribution in [0.4, 0.5) is 17.6 Å². The first-order valence-corrected chi connectivity index (χ1v) is 6.24. The van der Waals surface area contributed by atoms with Gasteiger partial charge in [-0.3, -0.25) is 0 Å². The summed E-state index contributed by atoms with van der Waals surface area (Å²) < 4.78 is 51.7. The molecule has 0 saturated heterocycles. The lowest BCUT2D eigenvalue weighted by atomic mass is 9.95. The van der Waals surface area contributed by atoms with Crippen molar-refractivity contribution in [2.45, 2.75) is 56.9 Å². The van der Waals surface area contributed by atoms with Gasteiger partial charge in [-0.15, -0.1) is 0 Å². The van der Waals surface area contributed by atoms with Gasteiger partial charge in [0, 0.05) is 6.04 Å². The lowest BCUT2D eigenvalue weighted by Gasteiger charge is -2.27. The molecule has 17 heavy (non-hydrogen) atoms. The summed E-state index contributed by atoms with van der Waals surface area (Å²) in [6.07, 6.45) is 2.98. The average Bonchev–Trinajstić information content (AvgIpc) is 2.71. The Bertz CT molecular complexity index is 274. The van der Waals surface area contributed by atoms with Crippen LogP contribution in [-0.4, -0.2) is 24.4 Å². The summed E-state index contributed by atoms with van der Waals surface area (Å²) in [5.41, 5.74) is 0. The first-order valence-electron chi connectivity index (χ1n) is 6.24. The van der Waals surface area contributed by atoms with Crippen molar-refractivity contribution in [2.24, 2.45) is 11.8 Å². The molecule has 2 bridgehead atoms. The van der Waals surface area contributed by atoms with Gasteiger partial charge < -0.3 is 5.32 Å². The lowest BCUT2D eigenvalue weighted by Crippen LogP contribution is -2.43. The quantitative estimate of drug-likeness (QED) is 0.740. The molecular formula is C12H19F4N. The number of alkyl halides is 4. The van der Waals surface area contributed by atoms with Crippen LogP contribution in [-0.2, 0) is 0 Å². The van der Waals surface area contributed by atoms with Crippen LogP contribution < -0.4 is 5.32 Å². The van der Waals surface area contributed by atoms with Gasteiger partial charge >= 0.3 is 0 Å². The molecule has 0 radical (unpaired) electrons. The summed E-state index contributed by atoms with van der Waals surface area (Å²) in [6, 6.07) is 0.116. The van der Waals surface area contributed by atoms with Gasteiger partial charge in [0.05, 0.1) is 13.0 Å². The highest BCUT2D eigenvalue weighted by Gasteiger charge is 2.43. The van der Waals surface area contributed by atoms with Crippen LogP contribution in [0.3, 0.4) is 0 Å². The molecule has 3 unspecified atom stereocenters. The van der Waals surface area contributed by atoms with Crippen molar-refractivity contribution in [1.29, 1.82) is 0 Å². The molecule has 1 nitrogen and oxygen atoms in total. The second kappa shape index (κ2) is 4.41. The molecule has 0 spiro atoms. The summed E-state index contributed by atoms with van der Waals surface area (Å²) in [5.74, 6) is -5.48. The highest BCUT2D eigenvalue weighted by molar-refractivity contribution is 4.95. The van der Waals surface area contributed by atoms with Gasteiger partial charge in [0.25, 0.3) is 11.8 Å². The zero-order valence-corrected chi connectivity index (χ0v) is 9.99. The maximum atomic E-state index is 13.3. The molecule has 0 aromatic rings. The fourth-order valence-electron chi connectivity index (χ4n) is 3.29. The van der Waals surface area contributed by atoms with E-state index >= 15 is 0 Å². The molecule has 2 rings (SSSR count). The predicted molar refractivity (Wildman–Crippen MR) is 57.4 cm³/mol. The molecule has 0 aliphatic heterocycles. The number of fused-ring (bicyclic) bond motifs is 2. The predicted octanol–water partition coefficient (Wildman–Crippen LogP) is 3.45. The Hall–Kier alpha value is -0.320. The van der Waals surface area contributed by atoms with Gasteiger partial charge in [0.1, 0.15) is 0 Å². The maximum absolute atomic E-state index is 13.3. The second-order valence-corrected chi connectivity index (χ2v) is 5.77. The number of nitrogens with one attached hydrogen (secondary N) is 1. The molecule has 0 aromatic heterocycles. The van der Waals surface area contributed by atoms with Gasteiger partial charge in [-0.05, 0) is 38.0 Å². The van der Waals surface area contributed by atoms with E-state index < -0.39 is 24.8 Å². The Morgan fingerprint density at radius 2 is 1.82 bits per heavy atom. The molecule has 0 heterocycles. The summed E-state index contributed by atoms with van der Waals surface area (Å²) in [6.45, 7) is -0.0806. The van der Waals surface area contributed by atoms with Crippen molar-refractivity contribution >= 4 is 0 Å². The monoisotopic (exact) mass is 253 g/mol. The van der Waals surface area contributed by atoms with E-state index in [1.165, 1.54) is 6.42 Å². The molecule has 2 aliphatic rings. The zero-order chi connectivity index (χ0) is 12.7. The van der Waals surface area contributed by atoms with Gasteiger partial charge in [0.15, 0.2) is 0 Å². The first kappa shape index (κ1) is 13.1. The number of rotatable bonds is 5. The Morgan fingerprint density at radius 1 is 1.12 bits per heavy atom. The summed E-state index contributed by atoms with van der Waals surface area (Å²) in [4.78, 5) is 0. The highest BCUT2D eigenvalue weighted by Crippen LogP contribution is 2.44. The molecule has 3 atom stereocenters. The fourth-order valence-corrected chi connectivity index (χ4v) is 3.29. The summed E-state index contributed by atoms with van der Waals surface area (Å²) >= 11 is 0. The van der Waals surface area contributed by atoms with Crippen molar-refractivity contribution in [3.05, 3.63) is 0 Å². The van der Waals surface area contributed by atoms with Crippen LogP contribution in [0.25, 0.3) is 0 Å². The van der Waals surface area contributed by atoms with E-state index in [0.717, 1.165) is 19.3 Å². The standard InChI is InChI=1S/C12H19F4N/c1-11(13,14)6-12(15,16)7-17-10-5-8-2-3-9(10)4-8/h8-10,17H,2-7H2,1H3. The van der Waals surface area contributed by atoms with Crippen molar-refractivity contribution < 1.29 is 17.6 Å². The molecule has 1 N–H and O–H groups in total. The van der Waals surface area contributed by atoms with E-state index in [9.17, 15) is 17.6 Å². The van der Waals surface area contributed by atoms with Gasteiger partial charge in [-0.2, -0.15) is 0 Å². The third-order valence-electron chi connectivity index (χ3n) is 3.93. The van der Waals surface area contributed by atoms with Crippen LogP contribution >= 0.6 is 0 Å². The third-order valence-corrected chi connectivity index (χ3v) is 3.93. The summed E-state index contributed by atoms with van der Waals surface area (Å²) in [5, 5.41) is 2.79. The van der Waals surface area contributed by atoms with Gasteiger partial charge in [0.2, 0.25) is 0 Å². The molecule has 0 aromatic carbocycles. The average molecular weight is 253 g/mol. The molecule has 2 saturated carbocycles. The first-order chi connectivity index (χ1) is 7.75. The van der Waals surface area contributed by atoms with Crippen LogP contribution in [0.5, 0.6) is 0 Å². The highest BCUT2D eigenvalue weighted by atomic mass is 19.3. The Labute approximate surface area is 99.0 Å². The van der Waals surface area contributed by atoms with E-state index in [1.807, 2.05) is 0 Å². The molecule has 0 amide bonds. The minimum absolute atomic E-state index is 0.116. The maximum Gasteiger partial charge on any atom is 0.266 e. The molecule has 5 heteroatoms. The van der Waals surface area contributed by atoms with E-state index in [-0.39, 0.29) is 6.04 Å².